The Labute approximate surface area is 123 Å². The first-order chi connectivity index (χ1) is 8.90. The summed E-state index contributed by atoms with van der Waals surface area (Å²) < 4.78 is 0. The van der Waals surface area contributed by atoms with E-state index in [4.69, 9.17) is 17.3 Å². The molecule has 2 N–H and O–H groups in total. The maximum Gasteiger partial charge on any atom is 0.0326 e. The van der Waals surface area contributed by atoms with Crippen LogP contribution in [0.2, 0.25) is 0 Å². The van der Waals surface area contributed by atoms with E-state index < -0.39 is 0 Å². The van der Waals surface area contributed by atoms with E-state index in [0.29, 0.717) is 11.8 Å². The van der Waals surface area contributed by atoms with Crippen LogP contribution in [-0.2, 0) is 0 Å². The van der Waals surface area contributed by atoms with E-state index in [-0.39, 0.29) is 5.41 Å². The van der Waals surface area contributed by atoms with Crippen LogP contribution in [0.1, 0.15) is 47.0 Å². The molecule has 1 aliphatic carbocycles. The summed E-state index contributed by atoms with van der Waals surface area (Å²) >= 11 is 6.20. The van der Waals surface area contributed by atoms with Gasteiger partial charge in [-0.25, -0.2) is 0 Å². The normalized spacial score (nSPS) is 20.5. The van der Waals surface area contributed by atoms with E-state index in [0.717, 1.165) is 25.8 Å². The van der Waals surface area contributed by atoms with Gasteiger partial charge in [-0.1, -0.05) is 50.1 Å². The summed E-state index contributed by atoms with van der Waals surface area (Å²) in [6.07, 6.45) is 10.2. The highest BCUT2D eigenvalue weighted by Gasteiger charge is 2.27. The molecule has 2 heteroatoms. The van der Waals surface area contributed by atoms with E-state index in [1.807, 2.05) is 0 Å². The Kier molecular flexibility index (Phi) is 6.35. The van der Waals surface area contributed by atoms with Crippen LogP contribution in [0.25, 0.3) is 0 Å². The van der Waals surface area contributed by atoms with Crippen LogP contribution in [0.5, 0.6) is 0 Å². The van der Waals surface area contributed by atoms with Crippen LogP contribution in [0.4, 0.5) is 0 Å². The Bertz CT molecular complexity index is 383. The summed E-state index contributed by atoms with van der Waals surface area (Å²) in [5, 5.41) is 0. The first-order valence-corrected chi connectivity index (χ1v) is 7.79. The van der Waals surface area contributed by atoms with Gasteiger partial charge >= 0.3 is 0 Å². The molecule has 1 unspecified atom stereocenters. The second-order valence-electron chi connectivity index (χ2n) is 6.45. The van der Waals surface area contributed by atoms with Gasteiger partial charge in [0.15, 0.2) is 0 Å². The second kappa shape index (κ2) is 7.31. The minimum atomic E-state index is 0.159. The average Bonchev–Trinajstić information content (AvgIpc) is 2.49. The summed E-state index contributed by atoms with van der Waals surface area (Å²) in [6.45, 7) is 9.78. The lowest BCUT2D eigenvalue weighted by atomic mass is 9.76. The Morgan fingerprint density at radius 3 is 2.42 bits per heavy atom. The molecule has 108 valence electrons. The fraction of sp³-hybridized carbons (Fsp3) is 0.647. The zero-order valence-corrected chi connectivity index (χ0v) is 13.6. The molecule has 0 aromatic carbocycles. The number of hydrogen-bond donors (Lipinski definition) is 1. The molecule has 0 bridgehead atoms. The molecule has 0 aromatic rings. The third-order valence-electron chi connectivity index (χ3n) is 3.77. The average molecular weight is 282 g/mol. The van der Waals surface area contributed by atoms with Crippen molar-refractivity contribution in [1.29, 1.82) is 0 Å². The van der Waals surface area contributed by atoms with Crippen LogP contribution < -0.4 is 5.73 Å². The van der Waals surface area contributed by atoms with Crippen LogP contribution in [0, 0.1) is 11.3 Å². The topological polar surface area (TPSA) is 26.0 Å². The Hall–Kier alpha value is -0.530. The van der Waals surface area contributed by atoms with Gasteiger partial charge < -0.3 is 5.73 Å². The van der Waals surface area contributed by atoms with Gasteiger partial charge in [0.05, 0.1) is 0 Å². The Morgan fingerprint density at radius 1 is 1.21 bits per heavy atom. The molecule has 1 nitrogen and oxygen atoms in total. The molecule has 0 aromatic heterocycles. The molecule has 0 heterocycles. The van der Waals surface area contributed by atoms with Crippen molar-refractivity contribution in [2.45, 2.75) is 47.0 Å². The van der Waals surface area contributed by atoms with Crippen molar-refractivity contribution in [3.05, 3.63) is 34.9 Å². The molecule has 0 amide bonds. The maximum absolute atomic E-state index is 6.20. The van der Waals surface area contributed by atoms with Crippen LogP contribution in [0.15, 0.2) is 34.9 Å². The van der Waals surface area contributed by atoms with E-state index in [9.17, 15) is 0 Å². The molecule has 0 spiro atoms. The van der Waals surface area contributed by atoms with Crippen LogP contribution in [0.3, 0.4) is 0 Å². The highest BCUT2D eigenvalue weighted by Crippen LogP contribution is 2.38. The lowest BCUT2D eigenvalue weighted by Crippen LogP contribution is -2.20. The molecule has 1 rings (SSSR count). The first-order valence-electron chi connectivity index (χ1n) is 7.25. The SMILES string of the molecule is CC1=CC=C(CCCCN)C=C(C(C)(C)C)C1CCl. The van der Waals surface area contributed by atoms with E-state index in [1.54, 1.807) is 0 Å². The molecule has 0 saturated carbocycles. The van der Waals surface area contributed by atoms with Gasteiger partial charge in [-0.2, -0.15) is 0 Å². The van der Waals surface area contributed by atoms with Gasteiger partial charge in [0.1, 0.15) is 0 Å². The van der Waals surface area contributed by atoms with E-state index in [2.05, 4.69) is 45.9 Å². The minimum absolute atomic E-state index is 0.159. The number of allylic oxidation sites excluding steroid dienone is 6. The zero-order valence-electron chi connectivity index (χ0n) is 12.8. The van der Waals surface area contributed by atoms with Gasteiger partial charge in [-0.05, 0) is 43.7 Å². The number of halogens is 1. The fourth-order valence-electron chi connectivity index (χ4n) is 2.52. The number of hydrogen-bond acceptors (Lipinski definition) is 1. The summed E-state index contributed by atoms with van der Waals surface area (Å²) in [5.74, 6) is 1.03. The fourth-order valence-corrected chi connectivity index (χ4v) is 2.93. The quantitative estimate of drug-likeness (QED) is 0.567. The highest BCUT2D eigenvalue weighted by atomic mass is 35.5. The molecule has 1 atom stereocenters. The summed E-state index contributed by atoms with van der Waals surface area (Å²) in [7, 11) is 0. The number of unbranched alkanes of at least 4 members (excludes halogenated alkanes) is 1. The van der Waals surface area contributed by atoms with Crippen LogP contribution >= 0.6 is 11.6 Å². The molecular formula is C17H28ClN. The number of alkyl halides is 1. The first kappa shape index (κ1) is 16.5. The summed E-state index contributed by atoms with van der Waals surface area (Å²) in [4.78, 5) is 0. The highest BCUT2D eigenvalue weighted by molar-refractivity contribution is 6.18. The smallest absolute Gasteiger partial charge is 0.0326 e. The number of rotatable bonds is 5. The third kappa shape index (κ3) is 4.81. The molecule has 0 saturated heterocycles. The van der Waals surface area contributed by atoms with Crippen molar-refractivity contribution in [3.63, 3.8) is 0 Å². The Balaban J connectivity index is 3.00. The van der Waals surface area contributed by atoms with Crippen molar-refractivity contribution in [3.8, 4) is 0 Å². The second-order valence-corrected chi connectivity index (χ2v) is 6.76. The van der Waals surface area contributed by atoms with Gasteiger partial charge in [0.25, 0.3) is 0 Å². The predicted molar refractivity (Wildman–Crippen MR) is 86.5 cm³/mol. The summed E-state index contributed by atoms with van der Waals surface area (Å²) in [6, 6.07) is 0. The van der Waals surface area contributed by atoms with Gasteiger partial charge in [0.2, 0.25) is 0 Å². The Morgan fingerprint density at radius 2 is 1.89 bits per heavy atom. The van der Waals surface area contributed by atoms with E-state index >= 15 is 0 Å². The van der Waals surface area contributed by atoms with Crippen molar-refractivity contribution >= 4 is 11.6 Å². The predicted octanol–water partition coefficient (Wildman–Crippen LogP) is 4.83. The van der Waals surface area contributed by atoms with Gasteiger partial charge in [-0.15, -0.1) is 11.6 Å². The minimum Gasteiger partial charge on any atom is -0.330 e. The third-order valence-corrected chi connectivity index (χ3v) is 4.07. The summed E-state index contributed by atoms with van der Waals surface area (Å²) in [5.41, 5.74) is 9.96. The van der Waals surface area contributed by atoms with Gasteiger partial charge in [-0.3, -0.25) is 0 Å². The lowest BCUT2D eigenvalue weighted by molar-refractivity contribution is 0.456. The molecule has 0 radical (unpaired) electrons. The zero-order chi connectivity index (χ0) is 14.5. The van der Waals surface area contributed by atoms with Crippen molar-refractivity contribution in [2.75, 3.05) is 12.4 Å². The van der Waals surface area contributed by atoms with Crippen molar-refractivity contribution < 1.29 is 0 Å². The molecule has 1 aliphatic rings. The monoisotopic (exact) mass is 281 g/mol. The van der Waals surface area contributed by atoms with E-state index in [1.165, 1.54) is 16.7 Å². The molecule has 0 aliphatic heterocycles. The molecule has 19 heavy (non-hydrogen) atoms. The lowest BCUT2D eigenvalue weighted by Gasteiger charge is -2.30. The largest absolute Gasteiger partial charge is 0.330 e. The van der Waals surface area contributed by atoms with Crippen molar-refractivity contribution in [2.24, 2.45) is 17.1 Å². The maximum atomic E-state index is 6.20. The van der Waals surface area contributed by atoms with Crippen LogP contribution in [-0.4, -0.2) is 12.4 Å². The molecule has 0 fully saturated rings. The van der Waals surface area contributed by atoms with Gasteiger partial charge in [0, 0.05) is 11.8 Å². The standard InChI is InChI=1S/C17H28ClN/c1-13-8-9-14(7-5-6-10-19)11-16(15(13)12-18)17(2,3)4/h8-9,11,15H,5-7,10,12,19H2,1-4H3. The molecular weight excluding hydrogens is 254 g/mol. The van der Waals surface area contributed by atoms with Crippen molar-refractivity contribution in [1.82, 2.24) is 0 Å². The number of nitrogens with two attached hydrogens (primary N) is 1.